The Morgan fingerprint density at radius 1 is 1.29 bits per heavy atom. The minimum absolute atomic E-state index is 0.210. The first-order valence-electron chi connectivity index (χ1n) is 6.05. The number of hydrogen-bond acceptors (Lipinski definition) is 5. The predicted octanol–water partition coefficient (Wildman–Crippen LogP) is 1.12. The molecule has 0 atom stereocenters. The van der Waals surface area contributed by atoms with Crippen molar-refractivity contribution < 1.29 is 14.6 Å². The molecular weight excluding hydrogens is 222 g/mol. The summed E-state index contributed by atoms with van der Waals surface area (Å²) < 4.78 is 12.6. The van der Waals surface area contributed by atoms with Gasteiger partial charge in [-0.25, -0.2) is 0 Å². The minimum atomic E-state index is -0.434. The van der Waals surface area contributed by atoms with Crippen molar-refractivity contribution in [3.05, 3.63) is 11.9 Å². The molecule has 6 nitrogen and oxygen atoms in total. The standard InChI is InChI=1S/C11H21N3O3/c1-3-16-11(17-4-2)10-9-14(13-12-10)7-5-6-8-15/h9,11,15H,3-8H2,1-2H3. The topological polar surface area (TPSA) is 69.4 Å². The fraction of sp³-hybridized carbons (Fsp3) is 0.818. The third-order valence-electron chi connectivity index (χ3n) is 2.23. The van der Waals surface area contributed by atoms with E-state index in [1.807, 2.05) is 20.0 Å². The zero-order valence-corrected chi connectivity index (χ0v) is 10.5. The van der Waals surface area contributed by atoms with Gasteiger partial charge in [0.1, 0.15) is 5.69 Å². The number of hydrogen-bond donors (Lipinski definition) is 1. The van der Waals surface area contributed by atoms with Crippen LogP contribution >= 0.6 is 0 Å². The number of aromatic nitrogens is 3. The first kappa shape index (κ1) is 14.1. The van der Waals surface area contributed by atoms with Gasteiger partial charge in [0.05, 0.1) is 6.20 Å². The van der Waals surface area contributed by atoms with E-state index in [-0.39, 0.29) is 6.61 Å². The third kappa shape index (κ3) is 4.80. The molecular formula is C11H21N3O3. The molecule has 6 heteroatoms. The molecule has 1 aromatic rings. The van der Waals surface area contributed by atoms with Crippen molar-refractivity contribution in [2.45, 2.75) is 39.5 Å². The predicted molar refractivity (Wildman–Crippen MR) is 62.3 cm³/mol. The summed E-state index contributed by atoms with van der Waals surface area (Å²) in [6, 6.07) is 0. The summed E-state index contributed by atoms with van der Waals surface area (Å²) in [5.74, 6) is 0. The SMILES string of the molecule is CCOC(OCC)c1cn(CCCCO)nn1. The van der Waals surface area contributed by atoms with Crippen LogP contribution in [0.3, 0.4) is 0 Å². The van der Waals surface area contributed by atoms with E-state index in [1.54, 1.807) is 4.68 Å². The molecule has 0 fully saturated rings. The van der Waals surface area contributed by atoms with Crippen molar-refractivity contribution in [1.29, 1.82) is 0 Å². The number of rotatable bonds is 9. The fourth-order valence-corrected chi connectivity index (χ4v) is 1.44. The van der Waals surface area contributed by atoms with Gasteiger partial charge in [-0.2, -0.15) is 0 Å². The molecule has 1 rings (SSSR count). The molecule has 0 bridgehead atoms. The summed E-state index contributed by atoms with van der Waals surface area (Å²) in [6.07, 6.45) is 3.05. The van der Waals surface area contributed by atoms with Crippen LogP contribution in [0.25, 0.3) is 0 Å². The van der Waals surface area contributed by atoms with E-state index in [9.17, 15) is 0 Å². The number of aliphatic hydroxyl groups excluding tert-OH is 1. The van der Waals surface area contributed by atoms with Crippen molar-refractivity contribution in [2.24, 2.45) is 0 Å². The van der Waals surface area contributed by atoms with Gasteiger partial charge in [-0.05, 0) is 26.7 Å². The van der Waals surface area contributed by atoms with Gasteiger partial charge < -0.3 is 14.6 Å². The maximum absolute atomic E-state index is 8.69. The van der Waals surface area contributed by atoms with Crippen molar-refractivity contribution in [2.75, 3.05) is 19.8 Å². The van der Waals surface area contributed by atoms with Crippen molar-refractivity contribution >= 4 is 0 Å². The average molecular weight is 243 g/mol. The normalized spacial score (nSPS) is 11.3. The molecule has 0 amide bonds. The van der Waals surface area contributed by atoms with Crippen molar-refractivity contribution in [1.82, 2.24) is 15.0 Å². The van der Waals surface area contributed by atoms with E-state index < -0.39 is 6.29 Å². The van der Waals surface area contributed by atoms with Crippen LogP contribution in [0.4, 0.5) is 0 Å². The van der Waals surface area contributed by atoms with Gasteiger partial charge >= 0.3 is 0 Å². The molecule has 0 radical (unpaired) electrons. The lowest BCUT2D eigenvalue weighted by Crippen LogP contribution is -2.09. The van der Waals surface area contributed by atoms with Crippen LogP contribution in [0, 0.1) is 0 Å². The average Bonchev–Trinajstić information content (AvgIpc) is 2.78. The van der Waals surface area contributed by atoms with Crippen LogP contribution in [0.1, 0.15) is 38.7 Å². The van der Waals surface area contributed by atoms with E-state index in [0.717, 1.165) is 19.4 Å². The molecule has 1 aromatic heterocycles. The molecule has 0 aliphatic heterocycles. The van der Waals surface area contributed by atoms with Gasteiger partial charge in [-0.1, -0.05) is 5.21 Å². The maximum Gasteiger partial charge on any atom is 0.204 e. The number of aliphatic hydroxyl groups is 1. The van der Waals surface area contributed by atoms with E-state index in [2.05, 4.69) is 10.3 Å². The summed E-state index contributed by atoms with van der Waals surface area (Å²) in [7, 11) is 0. The van der Waals surface area contributed by atoms with Crippen molar-refractivity contribution in [3.8, 4) is 0 Å². The summed E-state index contributed by atoms with van der Waals surface area (Å²) in [4.78, 5) is 0. The molecule has 0 saturated carbocycles. The molecule has 0 aliphatic rings. The number of nitrogens with zero attached hydrogens (tertiary/aromatic N) is 3. The highest BCUT2D eigenvalue weighted by Crippen LogP contribution is 2.15. The Hall–Kier alpha value is -0.980. The smallest absolute Gasteiger partial charge is 0.204 e. The molecule has 0 aromatic carbocycles. The lowest BCUT2D eigenvalue weighted by atomic mass is 10.3. The Bertz CT molecular complexity index is 298. The van der Waals surface area contributed by atoms with Crippen LogP contribution < -0.4 is 0 Å². The van der Waals surface area contributed by atoms with E-state index in [0.29, 0.717) is 18.9 Å². The zero-order chi connectivity index (χ0) is 12.5. The van der Waals surface area contributed by atoms with Crippen LogP contribution in [0.2, 0.25) is 0 Å². The highest BCUT2D eigenvalue weighted by molar-refractivity contribution is 4.94. The summed E-state index contributed by atoms with van der Waals surface area (Å²) >= 11 is 0. The molecule has 0 saturated heterocycles. The second-order valence-electron chi connectivity index (χ2n) is 3.58. The highest BCUT2D eigenvalue weighted by atomic mass is 16.7. The summed E-state index contributed by atoms with van der Waals surface area (Å²) in [5.41, 5.74) is 0.692. The van der Waals surface area contributed by atoms with Gasteiger partial charge in [0.2, 0.25) is 6.29 Å². The van der Waals surface area contributed by atoms with E-state index in [4.69, 9.17) is 14.6 Å². The van der Waals surface area contributed by atoms with Crippen LogP contribution in [-0.2, 0) is 16.0 Å². The Kier molecular flexibility index (Phi) is 6.76. The second-order valence-corrected chi connectivity index (χ2v) is 3.58. The maximum atomic E-state index is 8.69. The molecule has 98 valence electrons. The molecule has 1 N–H and O–H groups in total. The van der Waals surface area contributed by atoms with Crippen LogP contribution in [0.5, 0.6) is 0 Å². The monoisotopic (exact) mass is 243 g/mol. The molecule has 1 heterocycles. The lowest BCUT2D eigenvalue weighted by molar-refractivity contribution is -0.142. The summed E-state index contributed by atoms with van der Waals surface area (Å²) in [6.45, 7) is 5.93. The summed E-state index contributed by atoms with van der Waals surface area (Å²) in [5, 5.41) is 16.7. The lowest BCUT2D eigenvalue weighted by Gasteiger charge is -2.13. The van der Waals surface area contributed by atoms with Crippen molar-refractivity contribution in [3.63, 3.8) is 0 Å². The number of ether oxygens (including phenoxy) is 2. The largest absolute Gasteiger partial charge is 0.396 e. The van der Waals surface area contributed by atoms with Gasteiger partial charge in [0.25, 0.3) is 0 Å². The number of unbranched alkanes of at least 4 members (excludes halogenated alkanes) is 1. The van der Waals surface area contributed by atoms with Crippen LogP contribution in [0.15, 0.2) is 6.20 Å². The first-order valence-corrected chi connectivity index (χ1v) is 6.05. The molecule has 17 heavy (non-hydrogen) atoms. The molecule has 0 spiro atoms. The quantitative estimate of drug-likeness (QED) is 0.520. The molecule has 0 aliphatic carbocycles. The van der Waals surface area contributed by atoms with E-state index in [1.165, 1.54) is 0 Å². The highest BCUT2D eigenvalue weighted by Gasteiger charge is 2.15. The Labute approximate surface area is 102 Å². The Morgan fingerprint density at radius 2 is 2.00 bits per heavy atom. The van der Waals surface area contributed by atoms with Gasteiger partial charge in [0, 0.05) is 26.4 Å². The van der Waals surface area contributed by atoms with Gasteiger partial charge in [-0.15, -0.1) is 5.10 Å². The van der Waals surface area contributed by atoms with Crippen LogP contribution in [-0.4, -0.2) is 39.9 Å². The second kappa shape index (κ2) is 8.16. The molecule has 0 unspecified atom stereocenters. The Morgan fingerprint density at radius 3 is 2.59 bits per heavy atom. The third-order valence-corrected chi connectivity index (χ3v) is 2.23. The minimum Gasteiger partial charge on any atom is -0.396 e. The number of aryl methyl sites for hydroxylation is 1. The van der Waals surface area contributed by atoms with E-state index >= 15 is 0 Å². The fourth-order valence-electron chi connectivity index (χ4n) is 1.44. The van der Waals surface area contributed by atoms with Gasteiger partial charge in [-0.3, -0.25) is 4.68 Å². The zero-order valence-electron chi connectivity index (χ0n) is 10.5. The first-order chi connectivity index (χ1) is 8.31. The van der Waals surface area contributed by atoms with Gasteiger partial charge in [0.15, 0.2) is 0 Å². The Balaban J connectivity index is 2.51.